The van der Waals surface area contributed by atoms with E-state index in [1.807, 2.05) is 12.1 Å². The second-order valence-corrected chi connectivity index (χ2v) is 4.30. The molecule has 0 amide bonds. The van der Waals surface area contributed by atoms with Gasteiger partial charge in [0.2, 0.25) is 0 Å². The highest BCUT2D eigenvalue weighted by Gasteiger charge is 2.01. The Hall–Kier alpha value is -1.48. The molecule has 0 aliphatic carbocycles. The fourth-order valence-corrected chi connectivity index (χ4v) is 1.82. The molecule has 2 N–H and O–H groups in total. The quantitative estimate of drug-likeness (QED) is 0.720. The molecule has 17 heavy (non-hydrogen) atoms. The van der Waals surface area contributed by atoms with Gasteiger partial charge in [-0.05, 0) is 37.2 Å². The molecule has 2 aromatic rings. The second-order valence-electron chi connectivity index (χ2n) is 4.30. The number of furan rings is 1. The third kappa shape index (κ3) is 3.79. The fraction of sp³-hybridized carbons (Fsp3) is 0.429. The van der Waals surface area contributed by atoms with E-state index in [0.717, 1.165) is 25.3 Å². The van der Waals surface area contributed by atoms with Crippen molar-refractivity contribution < 1.29 is 4.42 Å². The maximum atomic E-state index is 5.32. The highest BCUT2D eigenvalue weighted by molar-refractivity contribution is 5.18. The number of hydrogen-bond acceptors (Lipinski definition) is 2. The van der Waals surface area contributed by atoms with Crippen LogP contribution in [0.3, 0.4) is 0 Å². The van der Waals surface area contributed by atoms with E-state index < -0.39 is 0 Å². The van der Waals surface area contributed by atoms with Crippen molar-refractivity contribution in [1.82, 2.24) is 10.3 Å². The standard InChI is InChI=1S/C14H20N2O/c1-2-3-8-15-11-13-7-6-12(16-13)10-14-5-4-9-17-14/h4-7,9,15-16H,2-3,8,10-11H2,1H3. The van der Waals surface area contributed by atoms with E-state index in [-0.39, 0.29) is 0 Å². The molecule has 2 rings (SSSR count). The second kappa shape index (κ2) is 6.30. The van der Waals surface area contributed by atoms with Crippen LogP contribution in [-0.2, 0) is 13.0 Å². The Morgan fingerprint density at radius 2 is 2.12 bits per heavy atom. The molecule has 2 aromatic heterocycles. The van der Waals surface area contributed by atoms with E-state index in [4.69, 9.17) is 4.42 Å². The lowest BCUT2D eigenvalue weighted by Crippen LogP contribution is -2.14. The minimum Gasteiger partial charge on any atom is -0.469 e. The predicted octanol–water partition coefficient (Wildman–Crippen LogP) is 3.09. The Morgan fingerprint density at radius 1 is 1.24 bits per heavy atom. The van der Waals surface area contributed by atoms with Gasteiger partial charge in [0.25, 0.3) is 0 Å². The molecule has 3 nitrogen and oxygen atoms in total. The molecular formula is C14H20N2O. The smallest absolute Gasteiger partial charge is 0.109 e. The van der Waals surface area contributed by atoms with Crippen molar-refractivity contribution in [1.29, 1.82) is 0 Å². The average Bonchev–Trinajstić information content (AvgIpc) is 2.97. The van der Waals surface area contributed by atoms with E-state index in [1.54, 1.807) is 6.26 Å². The summed E-state index contributed by atoms with van der Waals surface area (Å²) >= 11 is 0. The molecule has 0 aliphatic rings. The molecule has 3 heteroatoms. The first-order valence-electron chi connectivity index (χ1n) is 6.28. The van der Waals surface area contributed by atoms with Crippen molar-refractivity contribution in [2.45, 2.75) is 32.7 Å². The van der Waals surface area contributed by atoms with Crippen LogP contribution in [0.15, 0.2) is 34.9 Å². The largest absolute Gasteiger partial charge is 0.469 e. The molecule has 0 bridgehead atoms. The molecule has 0 saturated heterocycles. The van der Waals surface area contributed by atoms with Gasteiger partial charge < -0.3 is 14.7 Å². The summed E-state index contributed by atoms with van der Waals surface area (Å²) in [6.07, 6.45) is 5.02. The highest BCUT2D eigenvalue weighted by Crippen LogP contribution is 2.09. The summed E-state index contributed by atoms with van der Waals surface area (Å²) in [6.45, 7) is 4.21. The monoisotopic (exact) mass is 232 g/mol. The van der Waals surface area contributed by atoms with Crippen molar-refractivity contribution in [3.8, 4) is 0 Å². The number of nitrogens with one attached hydrogen (secondary N) is 2. The minimum atomic E-state index is 0.835. The first-order valence-corrected chi connectivity index (χ1v) is 6.28. The summed E-state index contributed by atoms with van der Waals surface area (Å²) in [5.41, 5.74) is 2.44. The van der Waals surface area contributed by atoms with Crippen molar-refractivity contribution in [2.24, 2.45) is 0 Å². The van der Waals surface area contributed by atoms with Crippen molar-refractivity contribution in [3.05, 3.63) is 47.7 Å². The molecule has 0 aliphatic heterocycles. The van der Waals surface area contributed by atoms with Gasteiger partial charge in [-0.3, -0.25) is 0 Å². The number of hydrogen-bond donors (Lipinski definition) is 2. The van der Waals surface area contributed by atoms with Gasteiger partial charge in [0.05, 0.1) is 6.26 Å². The number of aromatic nitrogens is 1. The third-order valence-electron chi connectivity index (χ3n) is 2.77. The van der Waals surface area contributed by atoms with Gasteiger partial charge in [0, 0.05) is 24.4 Å². The SMILES string of the molecule is CCCCNCc1ccc(Cc2ccco2)[nH]1. The zero-order valence-corrected chi connectivity index (χ0v) is 10.3. The van der Waals surface area contributed by atoms with Crippen LogP contribution in [0.25, 0.3) is 0 Å². The minimum absolute atomic E-state index is 0.835. The molecule has 2 heterocycles. The van der Waals surface area contributed by atoms with Gasteiger partial charge in [-0.15, -0.1) is 0 Å². The molecule has 92 valence electrons. The maximum absolute atomic E-state index is 5.32. The van der Waals surface area contributed by atoms with Gasteiger partial charge in [-0.2, -0.15) is 0 Å². The van der Waals surface area contributed by atoms with Gasteiger partial charge in [0.15, 0.2) is 0 Å². The van der Waals surface area contributed by atoms with E-state index in [9.17, 15) is 0 Å². The highest BCUT2D eigenvalue weighted by atomic mass is 16.3. The molecule has 0 atom stereocenters. The van der Waals surface area contributed by atoms with Gasteiger partial charge in [0.1, 0.15) is 5.76 Å². The van der Waals surface area contributed by atoms with Crippen LogP contribution >= 0.6 is 0 Å². The average molecular weight is 232 g/mol. The van der Waals surface area contributed by atoms with Crippen molar-refractivity contribution in [2.75, 3.05) is 6.54 Å². The molecule has 0 aromatic carbocycles. The van der Waals surface area contributed by atoms with Crippen molar-refractivity contribution in [3.63, 3.8) is 0 Å². The summed E-state index contributed by atoms with van der Waals surface area (Å²) < 4.78 is 5.32. The first kappa shape index (κ1) is 12.0. The van der Waals surface area contributed by atoms with Gasteiger partial charge in [-0.1, -0.05) is 13.3 Å². The Balaban J connectivity index is 1.79. The number of unbranched alkanes of at least 4 members (excludes halogenated alkanes) is 1. The fourth-order valence-electron chi connectivity index (χ4n) is 1.82. The third-order valence-corrected chi connectivity index (χ3v) is 2.77. The Morgan fingerprint density at radius 3 is 2.88 bits per heavy atom. The van der Waals surface area contributed by atoms with Crippen LogP contribution in [0.2, 0.25) is 0 Å². The number of rotatable bonds is 7. The van der Waals surface area contributed by atoms with E-state index in [1.165, 1.54) is 24.2 Å². The van der Waals surface area contributed by atoms with Crippen LogP contribution in [0.5, 0.6) is 0 Å². The zero-order valence-electron chi connectivity index (χ0n) is 10.3. The Labute approximate surface area is 102 Å². The maximum Gasteiger partial charge on any atom is 0.109 e. The van der Waals surface area contributed by atoms with Crippen LogP contribution in [0.4, 0.5) is 0 Å². The van der Waals surface area contributed by atoms with Crippen LogP contribution in [0.1, 0.15) is 36.9 Å². The number of H-pyrrole nitrogens is 1. The van der Waals surface area contributed by atoms with Crippen molar-refractivity contribution >= 4 is 0 Å². The Kier molecular flexibility index (Phi) is 4.45. The predicted molar refractivity (Wildman–Crippen MR) is 68.9 cm³/mol. The lowest BCUT2D eigenvalue weighted by Gasteiger charge is -2.01. The van der Waals surface area contributed by atoms with Crippen LogP contribution in [-0.4, -0.2) is 11.5 Å². The van der Waals surface area contributed by atoms with E-state index >= 15 is 0 Å². The van der Waals surface area contributed by atoms with Crippen LogP contribution in [0, 0.1) is 0 Å². The molecule has 0 unspecified atom stereocenters. The summed E-state index contributed by atoms with van der Waals surface area (Å²) in [5.74, 6) is 0.998. The molecule has 0 spiro atoms. The van der Waals surface area contributed by atoms with Gasteiger partial charge in [-0.25, -0.2) is 0 Å². The molecular weight excluding hydrogens is 212 g/mol. The summed E-state index contributed by atoms with van der Waals surface area (Å²) in [7, 11) is 0. The van der Waals surface area contributed by atoms with Gasteiger partial charge >= 0.3 is 0 Å². The van der Waals surface area contributed by atoms with E-state index in [0.29, 0.717) is 0 Å². The summed E-state index contributed by atoms with van der Waals surface area (Å²) in [6, 6.07) is 8.18. The lowest BCUT2D eigenvalue weighted by atomic mass is 10.2. The lowest BCUT2D eigenvalue weighted by molar-refractivity contribution is 0.519. The number of aromatic amines is 1. The summed E-state index contributed by atoms with van der Waals surface area (Å²) in [5, 5.41) is 3.42. The normalized spacial score (nSPS) is 10.9. The first-order chi connectivity index (χ1) is 8.38. The topological polar surface area (TPSA) is 41.0 Å². The molecule has 0 fully saturated rings. The van der Waals surface area contributed by atoms with Crippen LogP contribution < -0.4 is 5.32 Å². The Bertz CT molecular complexity index is 417. The molecule has 0 radical (unpaired) electrons. The summed E-state index contributed by atoms with van der Waals surface area (Å²) in [4.78, 5) is 3.41. The van der Waals surface area contributed by atoms with E-state index in [2.05, 4.69) is 29.4 Å². The zero-order chi connectivity index (χ0) is 11.9. The molecule has 0 saturated carbocycles.